The predicted molar refractivity (Wildman–Crippen MR) is 66.9 cm³/mol. The van der Waals surface area contributed by atoms with Crippen LogP contribution in [0.15, 0.2) is 18.5 Å². The molecule has 0 N–H and O–H groups in total. The van der Waals surface area contributed by atoms with Crippen molar-refractivity contribution in [1.82, 2.24) is 14.9 Å². The second-order valence-corrected chi connectivity index (χ2v) is 4.65. The number of carbonyl (C=O) groups is 1. The van der Waals surface area contributed by atoms with Gasteiger partial charge < -0.3 is 9.64 Å². The number of aromatic nitrogens is 2. The van der Waals surface area contributed by atoms with E-state index in [4.69, 9.17) is 4.74 Å². The normalized spacial score (nSPS) is 19.8. The molecule has 1 saturated heterocycles. The summed E-state index contributed by atoms with van der Waals surface area (Å²) >= 11 is 0. The highest BCUT2D eigenvalue weighted by Crippen LogP contribution is 2.19. The van der Waals surface area contributed by atoms with E-state index >= 15 is 0 Å². The quantitative estimate of drug-likeness (QED) is 0.795. The van der Waals surface area contributed by atoms with Crippen molar-refractivity contribution in [2.45, 2.75) is 19.3 Å². The van der Waals surface area contributed by atoms with Crippen molar-refractivity contribution in [3.63, 3.8) is 0 Å². The molecule has 0 saturated carbocycles. The summed E-state index contributed by atoms with van der Waals surface area (Å²) in [5.41, 5.74) is 0. The van der Waals surface area contributed by atoms with E-state index in [1.54, 1.807) is 19.5 Å². The lowest BCUT2D eigenvalue weighted by Gasteiger charge is -2.32. The van der Waals surface area contributed by atoms with Gasteiger partial charge in [0.15, 0.2) is 0 Å². The van der Waals surface area contributed by atoms with Gasteiger partial charge in [-0.2, -0.15) is 0 Å². The molecule has 1 amide bonds. The van der Waals surface area contributed by atoms with Gasteiger partial charge in [-0.1, -0.05) is 0 Å². The van der Waals surface area contributed by atoms with Crippen LogP contribution in [0.25, 0.3) is 0 Å². The molecule has 0 radical (unpaired) electrons. The first kappa shape index (κ1) is 13.0. The Labute approximate surface area is 107 Å². The second-order valence-electron chi connectivity index (χ2n) is 4.65. The van der Waals surface area contributed by atoms with Gasteiger partial charge in [0.05, 0.1) is 0 Å². The number of rotatable bonds is 4. The summed E-state index contributed by atoms with van der Waals surface area (Å²) < 4.78 is 4.89. The predicted octanol–water partition coefficient (Wildman–Crippen LogP) is 0.904. The van der Waals surface area contributed by atoms with Crippen LogP contribution in [0.5, 0.6) is 0 Å². The number of piperidine rings is 1. The topological polar surface area (TPSA) is 55.3 Å². The van der Waals surface area contributed by atoms with Crippen molar-refractivity contribution in [3.8, 4) is 0 Å². The first-order chi connectivity index (χ1) is 8.79. The molecular formula is C13H19N3O2. The first-order valence-corrected chi connectivity index (χ1v) is 6.32. The molecule has 2 heterocycles. The van der Waals surface area contributed by atoms with Crippen molar-refractivity contribution >= 4 is 5.91 Å². The Morgan fingerprint density at radius 3 is 3.00 bits per heavy atom. The second kappa shape index (κ2) is 6.44. The zero-order valence-corrected chi connectivity index (χ0v) is 10.7. The van der Waals surface area contributed by atoms with E-state index in [0.717, 1.165) is 38.2 Å². The lowest BCUT2D eigenvalue weighted by molar-refractivity contribution is -0.136. The number of amides is 1. The molecule has 98 valence electrons. The van der Waals surface area contributed by atoms with Gasteiger partial charge in [0.25, 0.3) is 0 Å². The van der Waals surface area contributed by atoms with Crippen LogP contribution in [0.4, 0.5) is 0 Å². The number of hydrogen-bond donors (Lipinski definition) is 0. The smallest absolute Gasteiger partial charge is 0.248 e. The number of methoxy groups -OCH3 is 1. The molecule has 5 nitrogen and oxygen atoms in total. The minimum absolute atomic E-state index is 0.0798. The van der Waals surface area contributed by atoms with Crippen molar-refractivity contribution in [2.24, 2.45) is 5.92 Å². The summed E-state index contributed by atoms with van der Waals surface area (Å²) in [7, 11) is 1.55. The van der Waals surface area contributed by atoms with E-state index in [0.29, 0.717) is 5.92 Å². The summed E-state index contributed by atoms with van der Waals surface area (Å²) in [6.45, 7) is 1.81. The summed E-state index contributed by atoms with van der Waals surface area (Å²) in [5.74, 6) is 1.40. The molecule has 18 heavy (non-hydrogen) atoms. The van der Waals surface area contributed by atoms with Crippen LogP contribution in [-0.2, 0) is 16.0 Å². The third-order valence-corrected chi connectivity index (χ3v) is 3.23. The van der Waals surface area contributed by atoms with E-state index in [1.807, 2.05) is 11.0 Å². The van der Waals surface area contributed by atoms with Gasteiger partial charge in [-0.3, -0.25) is 4.79 Å². The molecule has 2 rings (SSSR count). The maximum absolute atomic E-state index is 11.8. The SMILES string of the molecule is COCC(=O)N1CCCC(Cc2ncccn2)C1. The Morgan fingerprint density at radius 1 is 1.50 bits per heavy atom. The molecule has 0 bridgehead atoms. The zero-order chi connectivity index (χ0) is 12.8. The Morgan fingerprint density at radius 2 is 2.28 bits per heavy atom. The van der Waals surface area contributed by atoms with Crippen LogP contribution >= 0.6 is 0 Å². The van der Waals surface area contributed by atoms with Crippen LogP contribution in [0, 0.1) is 5.92 Å². The largest absolute Gasteiger partial charge is 0.375 e. The van der Waals surface area contributed by atoms with Crippen molar-refractivity contribution in [1.29, 1.82) is 0 Å². The van der Waals surface area contributed by atoms with Crippen LogP contribution in [0.1, 0.15) is 18.7 Å². The fraction of sp³-hybridized carbons (Fsp3) is 0.615. The highest BCUT2D eigenvalue weighted by Gasteiger charge is 2.24. The highest BCUT2D eigenvalue weighted by molar-refractivity contribution is 5.77. The zero-order valence-electron chi connectivity index (χ0n) is 10.7. The maximum atomic E-state index is 11.8. The minimum Gasteiger partial charge on any atom is -0.375 e. The lowest BCUT2D eigenvalue weighted by Crippen LogP contribution is -2.42. The third-order valence-electron chi connectivity index (χ3n) is 3.23. The molecule has 1 aromatic heterocycles. The summed E-state index contributed by atoms with van der Waals surface area (Å²) in [6, 6.07) is 1.82. The monoisotopic (exact) mass is 249 g/mol. The Balaban J connectivity index is 1.89. The van der Waals surface area contributed by atoms with Gasteiger partial charge in [0.1, 0.15) is 12.4 Å². The van der Waals surface area contributed by atoms with E-state index in [1.165, 1.54) is 0 Å². The van der Waals surface area contributed by atoms with E-state index in [2.05, 4.69) is 9.97 Å². The molecule has 1 atom stereocenters. The maximum Gasteiger partial charge on any atom is 0.248 e. The average molecular weight is 249 g/mol. The van der Waals surface area contributed by atoms with Gasteiger partial charge in [-0.25, -0.2) is 9.97 Å². The Hall–Kier alpha value is -1.49. The number of hydrogen-bond acceptors (Lipinski definition) is 4. The van der Waals surface area contributed by atoms with Crippen LogP contribution in [-0.4, -0.2) is 47.6 Å². The number of ether oxygens (including phenoxy) is 1. The van der Waals surface area contributed by atoms with Gasteiger partial charge in [0, 0.05) is 39.0 Å². The van der Waals surface area contributed by atoms with Crippen molar-refractivity contribution in [2.75, 3.05) is 26.8 Å². The summed E-state index contributed by atoms with van der Waals surface area (Å²) in [5, 5.41) is 0. The molecule has 1 aliphatic heterocycles. The van der Waals surface area contributed by atoms with Gasteiger partial charge in [-0.05, 0) is 24.8 Å². The van der Waals surface area contributed by atoms with Crippen molar-refractivity contribution in [3.05, 3.63) is 24.3 Å². The van der Waals surface area contributed by atoms with Gasteiger partial charge >= 0.3 is 0 Å². The van der Waals surface area contributed by atoms with Crippen LogP contribution in [0.2, 0.25) is 0 Å². The number of likely N-dealkylation sites (tertiary alicyclic amines) is 1. The molecule has 1 aromatic rings. The molecule has 5 heteroatoms. The van der Waals surface area contributed by atoms with E-state index < -0.39 is 0 Å². The number of nitrogens with zero attached hydrogens (tertiary/aromatic N) is 3. The van der Waals surface area contributed by atoms with E-state index in [-0.39, 0.29) is 12.5 Å². The lowest BCUT2D eigenvalue weighted by atomic mass is 9.94. The minimum atomic E-state index is 0.0798. The summed E-state index contributed by atoms with van der Waals surface area (Å²) in [4.78, 5) is 22.1. The number of carbonyl (C=O) groups excluding carboxylic acids is 1. The standard InChI is InChI=1S/C13H19N3O2/c1-18-10-13(17)16-7-2-4-11(9-16)8-12-14-5-3-6-15-12/h3,5-6,11H,2,4,7-10H2,1H3. The Bertz CT molecular complexity index is 383. The molecule has 0 aromatic carbocycles. The first-order valence-electron chi connectivity index (χ1n) is 6.32. The van der Waals surface area contributed by atoms with Crippen LogP contribution in [0.3, 0.4) is 0 Å². The molecule has 1 unspecified atom stereocenters. The van der Waals surface area contributed by atoms with E-state index in [9.17, 15) is 4.79 Å². The molecule has 0 aliphatic carbocycles. The van der Waals surface area contributed by atoms with Crippen LogP contribution < -0.4 is 0 Å². The average Bonchev–Trinajstić information content (AvgIpc) is 2.40. The van der Waals surface area contributed by atoms with Gasteiger partial charge in [0.2, 0.25) is 5.91 Å². The fourth-order valence-electron chi connectivity index (χ4n) is 2.37. The Kier molecular flexibility index (Phi) is 4.64. The van der Waals surface area contributed by atoms with Crippen molar-refractivity contribution < 1.29 is 9.53 Å². The van der Waals surface area contributed by atoms with Gasteiger partial charge in [-0.15, -0.1) is 0 Å². The fourth-order valence-corrected chi connectivity index (χ4v) is 2.37. The molecule has 1 aliphatic rings. The molecule has 1 fully saturated rings. The third kappa shape index (κ3) is 3.50. The summed E-state index contributed by atoms with van der Waals surface area (Å²) in [6.07, 6.45) is 6.55. The molecular weight excluding hydrogens is 230 g/mol. The molecule has 0 spiro atoms. The highest BCUT2D eigenvalue weighted by atomic mass is 16.5.